The van der Waals surface area contributed by atoms with Gasteiger partial charge in [0.2, 0.25) is 0 Å². The summed E-state index contributed by atoms with van der Waals surface area (Å²) in [4.78, 5) is 4.09. The largest absolute Gasteiger partial charge is 0.256 e. The van der Waals surface area contributed by atoms with E-state index in [2.05, 4.69) is 4.98 Å². The summed E-state index contributed by atoms with van der Waals surface area (Å²) in [7, 11) is 0. The van der Waals surface area contributed by atoms with Crippen molar-refractivity contribution in [3.63, 3.8) is 0 Å². The zero-order valence-electron chi connectivity index (χ0n) is 7.77. The fourth-order valence-corrected chi connectivity index (χ4v) is 1.30. The van der Waals surface area contributed by atoms with Crippen molar-refractivity contribution in [1.82, 2.24) is 4.98 Å². The highest BCUT2D eigenvalue weighted by atomic mass is 19.4. The van der Waals surface area contributed by atoms with Crippen molar-refractivity contribution >= 4 is 5.69 Å². The molecule has 0 spiro atoms. The average molecular weight is 206 g/mol. The van der Waals surface area contributed by atoms with Crippen LogP contribution in [0.1, 0.15) is 0 Å². The summed E-state index contributed by atoms with van der Waals surface area (Å²) in [5, 5.41) is -0.910. The van der Waals surface area contributed by atoms with Gasteiger partial charge in [-0.2, -0.15) is 0 Å². The Morgan fingerprint density at radius 3 is 2.53 bits per heavy atom. The van der Waals surface area contributed by atoms with Crippen LogP contribution in [0.2, 0.25) is 0 Å². The molecule has 0 aliphatic heterocycles. The Labute approximate surface area is 85.7 Å². The summed E-state index contributed by atoms with van der Waals surface area (Å²) in [6.45, 7) is 0. The van der Waals surface area contributed by atoms with Gasteiger partial charge in [0.05, 0.1) is 5.69 Å². The highest BCUT2D eigenvalue weighted by molar-refractivity contribution is 5.64. The van der Waals surface area contributed by atoms with Gasteiger partial charge in [0.25, 0.3) is 0 Å². The van der Waals surface area contributed by atoms with Crippen molar-refractivity contribution in [2.45, 2.75) is 0 Å². The maximum atomic E-state index is 12.3. The molecule has 2 aromatic rings. The minimum absolute atomic E-state index is 0.141. The van der Waals surface area contributed by atoms with Crippen LogP contribution in [0.25, 0.3) is 11.3 Å². The zero-order chi connectivity index (χ0) is 10.7. The number of nitrogens with zero attached hydrogens (tertiary/aromatic N) is 2. The number of hydrogen-bond acceptors (Lipinski definition) is 2. The first-order valence-electron chi connectivity index (χ1n) is 4.40. The Hall–Kier alpha value is -1.97. The highest BCUT2D eigenvalue weighted by Crippen LogP contribution is 2.23. The van der Waals surface area contributed by atoms with Crippen LogP contribution in [0, 0.1) is 0 Å². The molecule has 0 atom stereocenters. The first-order valence-corrected chi connectivity index (χ1v) is 4.40. The van der Waals surface area contributed by atoms with Crippen molar-refractivity contribution in [3.05, 3.63) is 48.7 Å². The van der Waals surface area contributed by atoms with E-state index in [9.17, 15) is 8.96 Å². The molecule has 0 aliphatic carbocycles. The second-order valence-corrected chi connectivity index (χ2v) is 3.00. The lowest BCUT2D eigenvalue weighted by Crippen LogP contribution is -1.95. The van der Waals surface area contributed by atoms with Crippen LogP contribution in [0.5, 0.6) is 0 Å². The molecule has 0 saturated carbocycles. The van der Waals surface area contributed by atoms with E-state index < -0.39 is 5.34 Å². The van der Waals surface area contributed by atoms with Gasteiger partial charge in [-0.1, -0.05) is 27.2 Å². The minimum atomic E-state index is -0.910. The Kier molecular flexibility index (Phi) is 2.58. The number of aromatic nitrogens is 1. The molecule has 0 aliphatic rings. The lowest BCUT2D eigenvalue weighted by molar-refractivity contribution is 0.235. The van der Waals surface area contributed by atoms with E-state index >= 15 is 0 Å². The van der Waals surface area contributed by atoms with E-state index in [1.807, 2.05) is 6.07 Å². The molecule has 0 saturated heterocycles. The van der Waals surface area contributed by atoms with Crippen LogP contribution in [-0.4, -0.2) is 4.98 Å². The molecule has 0 N–H and O–H groups in total. The second-order valence-electron chi connectivity index (χ2n) is 3.00. The van der Waals surface area contributed by atoms with E-state index in [1.165, 1.54) is 12.1 Å². The van der Waals surface area contributed by atoms with Gasteiger partial charge in [0.15, 0.2) is 0 Å². The molecule has 0 unspecified atom stereocenters. The fraction of sp³-hybridized carbons (Fsp3) is 0. The van der Waals surface area contributed by atoms with Crippen molar-refractivity contribution in [2.75, 3.05) is 5.34 Å². The molecular weight excluding hydrogens is 198 g/mol. The third-order valence-corrected chi connectivity index (χ3v) is 2.00. The van der Waals surface area contributed by atoms with E-state index in [-0.39, 0.29) is 5.69 Å². The molecule has 4 heteroatoms. The lowest BCUT2D eigenvalue weighted by atomic mass is 10.1. The Balaban J connectivity index is 2.42. The third kappa shape index (κ3) is 2.10. The van der Waals surface area contributed by atoms with Crippen molar-refractivity contribution < 1.29 is 8.96 Å². The molecule has 1 heterocycles. The molecule has 0 radical (unpaired) electrons. The van der Waals surface area contributed by atoms with Crippen LogP contribution in [-0.2, 0) is 0 Å². The van der Waals surface area contributed by atoms with Crippen LogP contribution >= 0.6 is 0 Å². The van der Waals surface area contributed by atoms with Gasteiger partial charge in [0.1, 0.15) is 5.69 Å². The molecule has 76 valence electrons. The number of benzene rings is 1. The average Bonchev–Trinajstić information content (AvgIpc) is 2.30. The zero-order valence-corrected chi connectivity index (χ0v) is 7.77. The van der Waals surface area contributed by atoms with Gasteiger partial charge < -0.3 is 0 Å². The van der Waals surface area contributed by atoms with Crippen LogP contribution < -0.4 is 5.34 Å². The Morgan fingerprint density at radius 2 is 1.87 bits per heavy atom. The fourth-order valence-electron chi connectivity index (χ4n) is 1.30. The van der Waals surface area contributed by atoms with E-state index in [0.717, 1.165) is 0 Å². The Morgan fingerprint density at radius 1 is 1.00 bits per heavy atom. The summed E-state index contributed by atoms with van der Waals surface area (Å²) in [6.07, 6.45) is 1.63. The first-order chi connectivity index (χ1) is 7.27. The number of pyridine rings is 1. The van der Waals surface area contributed by atoms with Crippen LogP contribution in [0.4, 0.5) is 14.6 Å². The first kappa shape index (κ1) is 9.58. The summed E-state index contributed by atoms with van der Waals surface area (Å²) in [6, 6.07) is 11.4. The quantitative estimate of drug-likeness (QED) is 0.700. The molecule has 2 rings (SSSR count). The maximum absolute atomic E-state index is 12.3. The summed E-state index contributed by atoms with van der Waals surface area (Å²) < 4.78 is 24.6. The predicted molar refractivity (Wildman–Crippen MR) is 54.4 cm³/mol. The van der Waals surface area contributed by atoms with Crippen LogP contribution in [0.15, 0.2) is 48.7 Å². The summed E-state index contributed by atoms with van der Waals surface area (Å²) in [5.74, 6) is 0. The van der Waals surface area contributed by atoms with Crippen molar-refractivity contribution in [3.8, 4) is 11.3 Å². The monoisotopic (exact) mass is 206 g/mol. The minimum Gasteiger partial charge on any atom is -0.256 e. The normalized spacial score (nSPS) is 10.0. The number of hydrogen-bond donors (Lipinski definition) is 0. The predicted octanol–water partition coefficient (Wildman–Crippen LogP) is 3.32. The van der Waals surface area contributed by atoms with Gasteiger partial charge in [0, 0.05) is 11.8 Å². The molecule has 2 nitrogen and oxygen atoms in total. The number of anilines is 1. The number of rotatable bonds is 2. The highest BCUT2D eigenvalue weighted by Gasteiger charge is 2.05. The van der Waals surface area contributed by atoms with Crippen molar-refractivity contribution in [1.29, 1.82) is 0 Å². The molecular formula is C11H8F2N2. The van der Waals surface area contributed by atoms with Gasteiger partial charge in [-0.3, -0.25) is 4.98 Å². The smallest absolute Gasteiger partial charge is 0.106 e. The van der Waals surface area contributed by atoms with E-state index in [0.29, 0.717) is 11.3 Å². The number of halogens is 2. The van der Waals surface area contributed by atoms with Crippen LogP contribution in [0.3, 0.4) is 0 Å². The van der Waals surface area contributed by atoms with E-state index in [1.54, 1.807) is 30.5 Å². The maximum Gasteiger partial charge on any atom is 0.106 e. The molecule has 1 aromatic heterocycles. The Bertz CT molecular complexity index is 443. The topological polar surface area (TPSA) is 16.1 Å². The summed E-state index contributed by atoms with van der Waals surface area (Å²) in [5.41, 5.74) is 1.22. The third-order valence-electron chi connectivity index (χ3n) is 2.00. The van der Waals surface area contributed by atoms with Gasteiger partial charge in [-0.05, 0) is 29.6 Å². The second kappa shape index (κ2) is 4.04. The SMILES string of the molecule is FN(F)c1cccc(-c2ccccn2)c1. The van der Waals surface area contributed by atoms with Gasteiger partial charge in [-0.15, -0.1) is 0 Å². The molecule has 0 fully saturated rings. The molecule has 15 heavy (non-hydrogen) atoms. The molecule has 0 bridgehead atoms. The van der Waals surface area contributed by atoms with Crippen molar-refractivity contribution in [2.24, 2.45) is 0 Å². The summed E-state index contributed by atoms with van der Waals surface area (Å²) >= 11 is 0. The standard InChI is InChI=1S/C11H8F2N2/c12-15(13)10-5-3-4-9(8-10)11-6-1-2-7-14-11/h1-8H. The molecule has 1 aromatic carbocycles. The van der Waals surface area contributed by atoms with Gasteiger partial charge in [-0.25, -0.2) is 0 Å². The van der Waals surface area contributed by atoms with E-state index in [4.69, 9.17) is 0 Å². The van der Waals surface area contributed by atoms with Gasteiger partial charge >= 0.3 is 0 Å². The lowest BCUT2D eigenvalue weighted by Gasteiger charge is -2.04. The molecule has 0 amide bonds.